The number of nitrogens with two attached hydrogens (primary N) is 1. The Bertz CT molecular complexity index is 1120. The van der Waals surface area contributed by atoms with Crippen molar-refractivity contribution in [3.05, 3.63) is 62.3 Å². The third-order valence-electron chi connectivity index (χ3n) is 4.21. The molecule has 2 heterocycles. The Morgan fingerprint density at radius 1 is 1.33 bits per heavy atom. The van der Waals surface area contributed by atoms with E-state index in [-0.39, 0.29) is 40.3 Å². The number of hydrogen-bond donors (Lipinski definition) is 2. The molecular formula is C18H16FN3O4S. The van der Waals surface area contributed by atoms with Crippen molar-refractivity contribution < 1.29 is 19.1 Å². The molecule has 2 aromatic heterocycles. The number of aromatic carboxylic acids is 1. The summed E-state index contributed by atoms with van der Waals surface area (Å²) < 4.78 is 15.3. The first kappa shape index (κ1) is 18.7. The highest BCUT2D eigenvalue weighted by atomic mass is 32.1. The summed E-state index contributed by atoms with van der Waals surface area (Å²) in [6.07, 6.45) is -0.0672. The maximum Gasteiger partial charge on any atom is 0.346 e. The van der Waals surface area contributed by atoms with Gasteiger partial charge in [-0.25, -0.2) is 14.2 Å². The number of fused-ring (bicyclic) bond motifs is 1. The van der Waals surface area contributed by atoms with Gasteiger partial charge in [0.05, 0.1) is 5.39 Å². The molecule has 7 nitrogen and oxygen atoms in total. The largest absolute Gasteiger partial charge is 0.477 e. The SMILES string of the molecule is Cc1c(C(=O)O)sc2nc(Cc3ccccc3F)n(CCC(N)=O)c(=O)c12. The monoisotopic (exact) mass is 389 g/mol. The minimum Gasteiger partial charge on any atom is -0.477 e. The summed E-state index contributed by atoms with van der Waals surface area (Å²) in [4.78, 5) is 40.3. The molecule has 0 unspecified atom stereocenters. The number of rotatable bonds is 6. The normalized spacial score (nSPS) is 11.0. The maximum absolute atomic E-state index is 14.0. The van der Waals surface area contributed by atoms with Crippen LogP contribution in [0, 0.1) is 12.7 Å². The number of carbonyl (C=O) groups excluding carboxylic acids is 1. The Labute approximate surface area is 156 Å². The van der Waals surface area contributed by atoms with Crippen molar-refractivity contribution in [2.75, 3.05) is 0 Å². The van der Waals surface area contributed by atoms with Crippen molar-refractivity contribution in [2.24, 2.45) is 5.73 Å². The molecule has 9 heteroatoms. The average molecular weight is 389 g/mol. The molecule has 0 bridgehead atoms. The Morgan fingerprint density at radius 3 is 2.67 bits per heavy atom. The molecule has 3 aromatic rings. The number of carboxylic acids is 1. The van der Waals surface area contributed by atoms with Crippen LogP contribution in [0.1, 0.15) is 33.0 Å². The predicted molar refractivity (Wildman–Crippen MR) is 98.6 cm³/mol. The highest BCUT2D eigenvalue weighted by Gasteiger charge is 2.21. The molecule has 0 saturated heterocycles. The van der Waals surface area contributed by atoms with Crippen molar-refractivity contribution in [1.82, 2.24) is 9.55 Å². The van der Waals surface area contributed by atoms with E-state index < -0.39 is 23.3 Å². The number of hydrogen-bond acceptors (Lipinski definition) is 5. The molecule has 140 valence electrons. The molecule has 0 radical (unpaired) electrons. The molecule has 0 spiro atoms. The van der Waals surface area contributed by atoms with Gasteiger partial charge >= 0.3 is 5.97 Å². The predicted octanol–water partition coefficient (Wildman–Crippen LogP) is 2.07. The van der Waals surface area contributed by atoms with Gasteiger partial charge in [0.1, 0.15) is 21.3 Å². The van der Waals surface area contributed by atoms with Crippen LogP contribution in [0.3, 0.4) is 0 Å². The highest BCUT2D eigenvalue weighted by Crippen LogP contribution is 2.28. The molecule has 3 N–H and O–H groups in total. The zero-order valence-electron chi connectivity index (χ0n) is 14.4. The number of halogens is 1. The number of carbonyl (C=O) groups is 2. The Balaban J connectivity index is 2.22. The van der Waals surface area contributed by atoms with Crippen LogP contribution >= 0.6 is 11.3 Å². The zero-order valence-corrected chi connectivity index (χ0v) is 15.2. The highest BCUT2D eigenvalue weighted by molar-refractivity contribution is 7.20. The molecule has 0 aliphatic rings. The maximum atomic E-state index is 14.0. The lowest BCUT2D eigenvalue weighted by Crippen LogP contribution is -2.28. The van der Waals surface area contributed by atoms with Crippen LogP contribution in [0.5, 0.6) is 0 Å². The van der Waals surface area contributed by atoms with Crippen LogP contribution in [0.25, 0.3) is 10.2 Å². The topological polar surface area (TPSA) is 115 Å². The van der Waals surface area contributed by atoms with Crippen LogP contribution in [0.15, 0.2) is 29.1 Å². The van der Waals surface area contributed by atoms with E-state index in [1.54, 1.807) is 25.1 Å². The van der Waals surface area contributed by atoms with Crippen molar-refractivity contribution >= 4 is 33.4 Å². The lowest BCUT2D eigenvalue weighted by atomic mass is 10.1. The zero-order chi connectivity index (χ0) is 19.7. The fourth-order valence-corrected chi connectivity index (χ4v) is 3.89. The van der Waals surface area contributed by atoms with Gasteiger partial charge in [-0.3, -0.25) is 14.2 Å². The van der Waals surface area contributed by atoms with Crippen LogP contribution in [0.2, 0.25) is 0 Å². The van der Waals surface area contributed by atoms with Crippen molar-refractivity contribution in [3.8, 4) is 0 Å². The summed E-state index contributed by atoms with van der Waals surface area (Å²) in [5.41, 5.74) is 5.39. The second-order valence-corrected chi connectivity index (χ2v) is 7.01. The molecule has 1 amide bonds. The summed E-state index contributed by atoms with van der Waals surface area (Å²) in [6.45, 7) is 1.53. The van der Waals surface area contributed by atoms with E-state index >= 15 is 0 Å². The van der Waals surface area contributed by atoms with E-state index in [9.17, 15) is 23.9 Å². The Hall–Kier alpha value is -3.07. The van der Waals surface area contributed by atoms with Gasteiger partial charge in [0.2, 0.25) is 5.91 Å². The van der Waals surface area contributed by atoms with Gasteiger partial charge in [0.25, 0.3) is 5.56 Å². The minimum absolute atomic E-state index is 0.0153. The van der Waals surface area contributed by atoms with Crippen molar-refractivity contribution in [2.45, 2.75) is 26.3 Å². The molecule has 27 heavy (non-hydrogen) atoms. The summed E-state index contributed by atoms with van der Waals surface area (Å²) in [7, 11) is 0. The molecule has 0 aliphatic carbocycles. The molecule has 3 rings (SSSR count). The summed E-state index contributed by atoms with van der Waals surface area (Å²) in [6, 6.07) is 6.10. The van der Waals surface area contributed by atoms with E-state index in [0.29, 0.717) is 11.1 Å². The summed E-state index contributed by atoms with van der Waals surface area (Å²) in [5, 5.41) is 9.50. The Kier molecular flexibility index (Phi) is 5.04. The number of primary amides is 1. The molecule has 1 aromatic carbocycles. The molecule has 0 fully saturated rings. The van der Waals surface area contributed by atoms with E-state index in [1.165, 1.54) is 10.6 Å². The minimum atomic E-state index is -1.14. The lowest BCUT2D eigenvalue weighted by molar-refractivity contribution is -0.118. The molecular weight excluding hydrogens is 373 g/mol. The van der Waals surface area contributed by atoms with Gasteiger partial charge in [-0.1, -0.05) is 18.2 Å². The van der Waals surface area contributed by atoms with Crippen LogP contribution in [-0.2, 0) is 17.8 Å². The second kappa shape index (κ2) is 7.28. The fourth-order valence-electron chi connectivity index (χ4n) is 2.86. The standard InChI is InChI=1S/C18H16FN3O4S/c1-9-14-16(27-15(9)18(25)26)21-13(8-10-4-2-3-5-11(10)19)22(17(14)24)7-6-12(20)23/h2-5H,6-8H2,1H3,(H2,20,23)(H,25,26). The third-order valence-corrected chi connectivity index (χ3v) is 5.39. The Morgan fingerprint density at radius 2 is 2.04 bits per heavy atom. The number of aryl methyl sites for hydroxylation is 1. The average Bonchev–Trinajstić information content (AvgIpc) is 2.93. The summed E-state index contributed by atoms with van der Waals surface area (Å²) >= 11 is 0.899. The van der Waals surface area contributed by atoms with Crippen LogP contribution in [0.4, 0.5) is 4.39 Å². The van der Waals surface area contributed by atoms with Gasteiger partial charge < -0.3 is 10.8 Å². The third kappa shape index (κ3) is 3.59. The number of carboxylic acid groups (broad SMARTS) is 1. The summed E-state index contributed by atoms with van der Waals surface area (Å²) in [5.74, 6) is -1.93. The number of benzene rings is 1. The first-order valence-electron chi connectivity index (χ1n) is 8.07. The van der Waals surface area contributed by atoms with E-state index in [2.05, 4.69) is 4.98 Å². The number of amides is 1. The van der Waals surface area contributed by atoms with Gasteiger partial charge in [0, 0.05) is 19.4 Å². The van der Waals surface area contributed by atoms with Crippen LogP contribution < -0.4 is 11.3 Å². The first-order valence-corrected chi connectivity index (χ1v) is 8.89. The number of nitrogens with zero attached hydrogens (tertiary/aromatic N) is 2. The van der Waals surface area contributed by atoms with Crippen molar-refractivity contribution in [1.29, 1.82) is 0 Å². The fraction of sp³-hybridized carbons (Fsp3) is 0.222. The van der Waals surface area contributed by atoms with Gasteiger partial charge in [-0.05, 0) is 24.1 Å². The van der Waals surface area contributed by atoms with E-state index in [1.807, 2.05) is 0 Å². The molecule has 0 saturated carbocycles. The molecule has 0 atom stereocenters. The van der Waals surface area contributed by atoms with E-state index in [4.69, 9.17) is 5.73 Å². The molecule has 0 aliphatic heterocycles. The second-order valence-electron chi connectivity index (χ2n) is 6.01. The van der Waals surface area contributed by atoms with Crippen LogP contribution in [-0.4, -0.2) is 26.5 Å². The van der Waals surface area contributed by atoms with Gasteiger partial charge in [-0.2, -0.15) is 0 Å². The van der Waals surface area contributed by atoms with Crippen molar-refractivity contribution in [3.63, 3.8) is 0 Å². The number of aromatic nitrogens is 2. The lowest BCUT2D eigenvalue weighted by Gasteiger charge is -2.12. The van der Waals surface area contributed by atoms with Gasteiger partial charge in [0.15, 0.2) is 0 Å². The quantitative estimate of drug-likeness (QED) is 0.670. The number of thiophene rings is 1. The first-order chi connectivity index (χ1) is 12.8. The van der Waals surface area contributed by atoms with Gasteiger partial charge in [-0.15, -0.1) is 11.3 Å². The van der Waals surface area contributed by atoms with E-state index in [0.717, 1.165) is 11.3 Å². The smallest absolute Gasteiger partial charge is 0.346 e.